The van der Waals surface area contributed by atoms with Crippen molar-refractivity contribution in [3.63, 3.8) is 0 Å². The van der Waals surface area contributed by atoms with Crippen molar-refractivity contribution in [1.29, 1.82) is 0 Å². The van der Waals surface area contributed by atoms with Crippen LogP contribution >= 0.6 is 15.9 Å². The summed E-state index contributed by atoms with van der Waals surface area (Å²) >= 11 is 3.51. The number of nitrogens with zero attached hydrogens (tertiary/aromatic N) is 1. The number of benzene rings is 1. The van der Waals surface area contributed by atoms with Gasteiger partial charge in [-0.1, -0.05) is 35.2 Å². The second-order valence-corrected chi connectivity index (χ2v) is 7.07. The van der Waals surface area contributed by atoms with E-state index in [9.17, 15) is 5.11 Å². The fourth-order valence-electron chi connectivity index (χ4n) is 3.72. The first-order chi connectivity index (χ1) is 9.70. The van der Waals surface area contributed by atoms with E-state index in [0.717, 1.165) is 36.2 Å². The SMILES string of the molecule is Oc1ccc(Br)cc1CN1CCNCC12CCCCC2. The number of aromatic hydroxyl groups is 1. The molecule has 0 amide bonds. The topological polar surface area (TPSA) is 35.5 Å². The van der Waals surface area contributed by atoms with Crippen molar-refractivity contribution in [2.75, 3.05) is 19.6 Å². The van der Waals surface area contributed by atoms with Gasteiger partial charge in [0.15, 0.2) is 0 Å². The van der Waals surface area contributed by atoms with Crippen LogP contribution in [0.1, 0.15) is 37.7 Å². The number of phenolic OH excluding ortho intramolecular Hbond substituents is 1. The predicted octanol–water partition coefficient (Wildman–Crippen LogP) is 3.26. The maximum Gasteiger partial charge on any atom is 0.120 e. The molecule has 2 aliphatic rings. The summed E-state index contributed by atoms with van der Waals surface area (Å²) in [6, 6.07) is 5.73. The Balaban J connectivity index is 1.81. The molecule has 4 heteroatoms. The zero-order valence-corrected chi connectivity index (χ0v) is 13.5. The summed E-state index contributed by atoms with van der Waals surface area (Å²) in [6.45, 7) is 4.08. The first-order valence-corrected chi connectivity index (χ1v) is 8.42. The van der Waals surface area contributed by atoms with E-state index in [2.05, 4.69) is 26.1 Å². The van der Waals surface area contributed by atoms with E-state index in [4.69, 9.17) is 0 Å². The molecule has 1 aromatic rings. The van der Waals surface area contributed by atoms with Crippen LogP contribution in [0.3, 0.4) is 0 Å². The Kier molecular flexibility index (Phi) is 4.34. The van der Waals surface area contributed by atoms with Crippen LogP contribution in [-0.2, 0) is 6.54 Å². The van der Waals surface area contributed by atoms with Gasteiger partial charge in [-0.2, -0.15) is 0 Å². The minimum Gasteiger partial charge on any atom is -0.508 e. The fourth-order valence-corrected chi connectivity index (χ4v) is 4.13. The van der Waals surface area contributed by atoms with Gasteiger partial charge in [-0.25, -0.2) is 0 Å². The van der Waals surface area contributed by atoms with Crippen LogP contribution in [0.15, 0.2) is 22.7 Å². The lowest BCUT2D eigenvalue weighted by Gasteiger charge is -2.50. The number of piperazine rings is 1. The number of hydrogen-bond donors (Lipinski definition) is 2. The third kappa shape index (κ3) is 2.87. The van der Waals surface area contributed by atoms with E-state index >= 15 is 0 Å². The average molecular weight is 339 g/mol. The zero-order chi connectivity index (χ0) is 14.0. The highest BCUT2D eigenvalue weighted by molar-refractivity contribution is 9.10. The van der Waals surface area contributed by atoms with Crippen molar-refractivity contribution < 1.29 is 5.11 Å². The quantitative estimate of drug-likeness (QED) is 0.868. The van der Waals surface area contributed by atoms with Crippen molar-refractivity contribution in [2.24, 2.45) is 0 Å². The molecule has 1 aromatic carbocycles. The number of hydrogen-bond acceptors (Lipinski definition) is 3. The highest BCUT2D eigenvalue weighted by Gasteiger charge is 2.39. The summed E-state index contributed by atoms with van der Waals surface area (Å²) < 4.78 is 1.04. The standard InChI is InChI=1S/C16H23BrN2O/c17-14-4-5-15(20)13(10-14)11-19-9-8-18-12-16(19)6-2-1-3-7-16/h4-5,10,18,20H,1-3,6-9,11-12H2. The third-order valence-electron chi connectivity index (χ3n) is 4.87. The Morgan fingerprint density at radius 2 is 2.05 bits per heavy atom. The largest absolute Gasteiger partial charge is 0.508 e. The lowest BCUT2D eigenvalue weighted by molar-refractivity contribution is 0.0204. The van der Waals surface area contributed by atoms with Gasteiger partial charge in [-0.3, -0.25) is 4.90 Å². The smallest absolute Gasteiger partial charge is 0.120 e. The Hall–Kier alpha value is -0.580. The molecule has 0 aromatic heterocycles. The number of halogens is 1. The normalized spacial score (nSPS) is 23.1. The number of nitrogens with one attached hydrogen (secondary N) is 1. The van der Waals surface area contributed by atoms with Crippen LogP contribution in [0.4, 0.5) is 0 Å². The maximum atomic E-state index is 10.1. The van der Waals surface area contributed by atoms with Gasteiger partial charge < -0.3 is 10.4 Å². The van der Waals surface area contributed by atoms with Crippen LogP contribution in [0, 0.1) is 0 Å². The molecule has 1 saturated heterocycles. The summed E-state index contributed by atoms with van der Waals surface area (Å²) in [5.74, 6) is 0.415. The Morgan fingerprint density at radius 1 is 1.25 bits per heavy atom. The first kappa shape index (κ1) is 14.4. The first-order valence-electron chi connectivity index (χ1n) is 7.63. The molecule has 3 rings (SSSR count). The molecular weight excluding hydrogens is 316 g/mol. The van der Waals surface area contributed by atoms with E-state index in [-0.39, 0.29) is 0 Å². The lowest BCUT2D eigenvalue weighted by Crippen LogP contribution is -2.61. The van der Waals surface area contributed by atoms with Gasteiger partial charge in [0.2, 0.25) is 0 Å². The lowest BCUT2D eigenvalue weighted by atomic mass is 9.79. The second kappa shape index (κ2) is 6.04. The Morgan fingerprint density at radius 3 is 2.85 bits per heavy atom. The highest BCUT2D eigenvalue weighted by atomic mass is 79.9. The molecule has 20 heavy (non-hydrogen) atoms. The van der Waals surface area contributed by atoms with Gasteiger partial charge in [0, 0.05) is 41.8 Å². The second-order valence-electron chi connectivity index (χ2n) is 6.16. The van der Waals surface area contributed by atoms with E-state index in [1.165, 1.54) is 32.1 Å². The van der Waals surface area contributed by atoms with Gasteiger partial charge in [-0.05, 0) is 31.0 Å². The van der Waals surface area contributed by atoms with Crippen molar-refractivity contribution in [1.82, 2.24) is 10.2 Å². The number of phenols is 1. The van der Waals surface area contributed by atoms with E-state index in [1.807, 2.05) is 12.1 Å². The minimum absolute atomic E-state index is 0.311. The molecule has 1 aliphatic carbocycles. The monoisotopic (exact) mass is 338 g/mol. The Labute approximate surface area is 129 Å². The third-order valence-corrected chi connectivity index (χ3v) is 5.36. The summed E-state index contributed by atoms with van der Waals surface area (Å²) in [6.07, 6.45) is 6.62. The molecule has 2 N–H and O–H groups in total. The average Bonchev–Trinajstić information content (AvgIpc) is 2.46. The Bertz CT molecular complexity index is 463. The molecule has 1 saturated carbocycles. The molecule has 0 radical (unpaired) electrons. The van der Waals surface area contributed by atoms with Crippen LogP contribution in [0.2, 0.25) is 0 Å². The molecule has 1 spiro atoms. The van der Waals surface area contributed by atoms with Crippen molar-refractivity contribution in [3.05, 3.63) is 28.2 Å². The molecule has 1 aliphatic heterocycles. The molecular formula is C16H23BrN2O. The van der Waals surface area contributed by atoms with Crippen molar-refractivity contribution in [3.8, 4) is 5.75 Å². The fraction of sp³-hybridized carbons (Fsp3) is 0.625. The molecule has 110 valence electrons. The molecule has 3 nitrogen and oxygen atoms in total. The summed E-state index contributed by atoms with van der Waals surface area (Å²) in [4.78, 5) is 2.60. The molecule has 0 unspecified atom stereocenters. The van der Waals surface area contributed by atoms with Crippen molar-refractivity contribution in [2.45, 2.75) is 44.2 Å². The zero-order valence-electron chi connectivity index (χ0n) is 11.9. The van der Waals surface area contributed by atoms with Crippen LogP contribution in [-0.4, -0.2) is 35.2 Å². The van der Waals surface area contributed by atoms with Gasteiger partial charge in [-0.15, -0.1) is 0 Å². The highest BCUT2D eigenvalue weighted by Crippen LogP contribution is 2.36. The molecule has 2 fully saturated rings. The van der Waals surface area contributed by atoms with Gasteiger partial charge in [0.05, 0.1) is 0 Å². The molecule has 0 bridgehead atoms. The van der Waals surface area contributed by atoms with E-state index < -0.39 is 0 Å². The van der Waals surface area contributed by atoms with Gasteiger partial charge >= 0.3 is 0 Å². The van der Waals surface area contributed by atoms with E-state index in [1.54, 1.807) is 6.07 Å². The van der Waals surface area contributed by atoms with Gasteiger partial charge in [0.25, 0.3) is 0 Å². The van der Waals surface area contributed by atoms with Crippen molar-refractivity contribution >= 4 is 15.9 Å². The summed E-state index contributed by atoms with van der Waals surface area (Å²) in [5, 5.41) is 13.7. The van der Waals surface area contributed by atoms with E-state index in [0.29, 0.717) is 11.3 Å². The number of rotatable bonds is 2. The summed E-state index contributed by atoms with van der Waals surface area (Å²) in [5.41, 5.74) is 1.34. The van der Waals surface area contributed by atoms with Crippen LogP contribution < -0.4 is 5.32 Å². The van der Waals surface area contributed by atoms with Gasteiger partial charge in [0.1, 0.15) is 5.75 Å². The molecule has 0 atom stereocenters. The maximum absolute atomic E-state index is 10.1. The predicted molar refractivity (Wildman–Crippen MR) is 84.9 cm³/mol. The van der Waals surface area contributed by atoms with Crippen LogP contribution in [0.5, 0.6) is 5.75 Å². The summed E-state index contributed by atoms with van der Waals surface area (Å²) in [7, 11) is 0. The minimum atomic E-state index is 0.311. The molecule has 1 heterocycles. The van der Waals surface area contributed by atoms with Crippen LogP contribution in [0.25, 0.3) is 0 Å².